The summed E-state index contributed by atoms with van der Waals surface area (Å²) in [6, 6.07) is 14.0. The number of benzene rings is 2. The highest BCUT2D eigenvalue weighted by molar-refractivity contribution is 5.32. The standard InChI is InChI=1S/C9H12O.C8H7F3O/c1-3-10-9-7-5-4-6-8(9)2;1-6-4-2-3-5-7(6)12-8(9,10)11/h4-7H,3H2,1-2H3;2-5H,1H3. The zero-order chi connectivity index (χ0) is 16.6. The molecule has 0 saturated carbocycles. The highest BCUT2D eigenvalue weighted by atomic mass is 19.4. The SMILES string of the molecule is CCOc1ccccc1C.Cc1ccccc1OC(F)(F)F. The Morgan fingerprint density at radius 2 is 1.27 bits per heavy atom. The third-order valence-electron chi connectivity index (χ3n) is 2.71. The highest BCUT2D eigenvalue weighted by Crippen LogP contribution is 2.25. The molecular weight excluding hydrogens is 293 g/mol. The van der Waals surface area contributed by atoms with Crippen molar-refractivity contribution in [2.24, 2.45) is 0 Å². The molecule has 0 fully saturated rings. The van der Waals surface area contributed by atoms with Crippen molar-refractivity contribution in [2.45, 2.75) is 27.1 Å². The molecular formula is C17H19F3O2. The molecule has 0 unspecified atom stereocenters. The molecule has 0 aliphatic heterocycles. The number of halogens is 3. The van der Waals surface area contributed by atoms with Crippen molar-refractivity contribution >= 4 is 0 Å². The van der Waals surface area contributed by atoms with Crippen molar-refractivity contribution in [1.82, 2.24) is 0 Å². The summed E-state index contributed by atoms with van der Waals surface area (Å²) in [5.74, 6) is 0.843. The van der Waals surface area contributed by atoms with Crippen molar-refractivity contribution in [1.29, 1.82) is 0 Å². The molecule has 0 heterocycles. The van der Waals surface area contributed by atoms with Crippen LogP contribution in [-0.4, -0.2) is 13.0 Å². The maximum absolute atomic E-state index is 11.7. The number of hydrogen-bond donors (Lipinski definition) is 0. The van der Waals surface area contributed by atoms with E-state index in [-0.39, 0.29) is 5.75 Å². The summed E-state index contributed by atoms with van der Waals surface area (Å²) >= 11 is 0. The molecule has 0 amide bonds. The molecule has 22 heavy (non-hydrogen) atoms. The van der Waals surface area contributed by atoms with Crippen LogP contribution in [0.25, 0.3) is 0 Å². The van der Waals surface area contributed by atoms with E-state index >= 15 is 0 Å². The number of aryl methyl sites for hydroxylation is 2. The van der Waals surface area contributed by atoms with E-state index in [1.54, 1.807) is 19.1 Å². The van der Waals surface area contributed by atoms with Gasteiger partial charge in [0.25, 0.3) is 0 Å². The Hall–Kier alpha value is -2.17. The number of alkyl halides is 3. The summed E-state index contributed by atoms with van der Waals surface area (Å²) in [4.78, 5) is 0. The van der Waals surface area contributed by atoms with Gasteiger partial charge in [-0.3, -0.25) is 0 Å². The van der Waals surface area contributed by atoms with E-state index in [2.05, 4.69) is 4.74 Å². The number of para-hydroxylation sites is 2. The first-order valence-corrected chi connectivity index (χ1v) is 6.83. The molecule has 2 aromatic rings. The van der Waals surface area contributed by atoms with Crippen LogP contribution in [0.3, 0.4) is 0 Å². The van der Waals surface area contributed by atoms with Gasteiger partial charge in [-0.2, -0.15) is 0 Å². The quantitative estimate of drug-likeness (QED) is 0.767. The van der Waals surface area contributed by atoms with Gasteiger partial charge in [-0.05, 0) is 44.0 Å². The Bertz CT molecular complexity index is 580. The summed E-state index contributed by atoms with van der Waals surface area (Å²) in [6.07, 6.45) is -4.61. The van der Waals surface area contributed by atoms with Crippen molar-refractivity contribution in [3.8, 4) is 11.5 Å². The van der Waals surface area contributed by atoms with E-state index in [9.17, 15) is 13.2 Å². The van der Waals surface area contributed by atoms with Crippen LogP contribution in [-0.2, 0) is 0 Å². The van der Waals surface area contributed by atoms with E-state index in [0.29, 0.717) is 5.56 Å². The largest absolute Gasteiger partial charge is 0.573 e. The molecule has 2 aromatic carbocycles. The van der Waals surface area contributed by atoms with Gasteiger partial charge in [0.05, 0.1) is 6.61 Å². The Balaban J connectivity index is 0.000000224. The predicted octanol–water partition coefficient (Wildman–Crippen LogP) is 5.29. The average molecular weight is 312 g/mol. The van der Waals surface area contributed by atoms with Crippen LogP contribution >= 0.6 is 0 Å². The van der Waals surface area contributed by atoms with Gasteiger partial charge >= 0.3 is 6.36 Å². The van der Waals surface area contributed by atoms with Crippen molar-refractivity contribution in [2.75, 3.05) is 6.61 Å². The van der Waals surface area contributed by atoms with E-state index in [1.807, 2.05) is 38.1 Å². The molecule has 0 spiro atoms. The van der Waals surface area contributed by atoms with Crippen LogP contribution in [0, 0.1) is 13.8 Å². The fourth-order valence-electron chi connectivity index (χ4n) is 1.67. The summed E-state index contributed by atoms with van der Waals surface area (Å²) in [7, 11) is 0. The third-order valence-corrected chi connectivity index (χ3v) is 2.71. The van der Waals surface area contributed by atoms with Gasteiger partial charge < -0.3 is 9.47 Å². The van der Waals surface area contributed by atoms with Gasteiger partial charge in [0, 0.05) is 0 Å². The van der Waals surface area contributed by atoms with Gasteiger partial charge in [0.1, 0.15) is 11.5 Å². The maximum Gasteiger partial charge on any atom is 0.573 e. The molecule has 120 valence electrons. The number of ether oxygens (including phenoxy) is 2. The molecule has 0 atom stereocenters. The summed E-state index contributed by atoms with van der Waals surface area (Å²) in [5.41, 5.74) is 1.67. The summed E-state index contributed by atoms with van der Waals surface area (Å²) in [6.45, 7) is 6.34. The van der Waals surface area contributed by atoms with Crippen molar-refractivity contribution in [3.63, 3.8) is 0 Å². The molecule has 2 nitrogen and oxygen atoms in total. The Morgan fingerprint density at radius 3 is 1.68 bits per heavy atom. The van der Waals surface area contributed by atoms with Crippen molar-refractivity contribution in [3.05, 3.63) is 59.7 Å². The van der Waals surface area contributed by atoms with Gasteiger partial charge in [-0.15, -0.1) is 13.2 Å². The van der Waals surface area contributed by atoms with Crippen LogP contribution in [0.15, 0.2) is 48.5 Å². The maximum atomic E-state index is 11.7. The van der Waals surface area contributed by atoms with Crippen LogP contribution in [0.5, 0.6) is 11.5 Å². The lowest BCUT2D eigenvalue weighted by atomic mass is 10.2. The second-order valence-electron chi connectivity index (χ2n) is 4.51. The van der Waals surface area contributed by atoms with Crippen LogP contribution in [0.1, 0.15) is 18.1 Å². The first-order valence-electron chi connectivity index (χ1n) is 6.83. The topological polar surface area (TPSA) is 18.5 Å². The van der Waals surface area contributed by atoms with E-state index in [0.717, 1.165) is 12.4 Å². The first-order chi connectivity index (χ1) is 10.3. The number of hydrogen-bond acceptors (Lipinski definition) is 2. The Morgan fingerprint density at radius 1 is 0.818 bits per heavy atom. The minimum absolute atomic E-state index is 0.148. The minimum atomic E-state index is -4.61. The normalized spacial score (nSPS) is 10.5. The number of rotatable bonds is 3. The van der Waals surface area contributed by atoms with E-state index in [4.69, 9.17) is 4.74 Å². The lowest BCUT2D eigenvalue weighted by Crippen LogP contribution is -2.17. The zero-order valence-corrected chi connectivity index (χ0v) is 12.8. The molecule has 0 radical (unpaired) electrons. The fourth-order valence-corrected chi connectivity index (χ4v) is 1.67. The zero-order valence-electron chi connectivity index (χ0n) is 12.8. The first kappa shape index (κ1) is 17.9. The molecule has 0 aliphatic carbocycles. The Kier molecular flexibility index (Phi) is 6.76. The van der Waals surface area contributed by atoms with Crippen LogP contribution in [0.4, 0.5) is 13.2 Å². The monoisotopic (exact) mass is 312 g/mol. The van der Waals surface area contributed by atoms with Gasteiger partial charge in [-0.25, -0.2) is 0 Å². The second-order valence-corrected chi connectivity index (χ2v) is 4.51. The summed E-state index contributed by atoms with van der Waals surface area (Å²) in [5, 5.41) is 0. The summed E-state index contributed by atoms with van der Waals surface area (Å²) < 4.78 is 44.2. The molecule has 5 heteroatoms. The van der Waals surface area contributed by atoms with Gasteiger partial charge in [0.2, 0.25) is 0 Å². The second kappa shape index (κ2) is 8.32. The van der Waals surface area contributed by atoms with E-state index < -0.39 is 6.36 Å². The fraction of sp³-hybridized carbons (Fsp3) is 0.294. The Labute approximate surface area is 128 Å². The molecule has 0 aromatic heterocycles. The van der Waals surface area contributed by atoms with E-state index in [1.165, 1.54) is 17.7 Å². The molecule has 2 rings (SSSR count). The third kappa shape index (κ3) is 6.52. The molecule has 0 N–H and O–H groups in total. The minimum Gasteiger partial charge on any atom is -0.494 e. The molecule has 0 saturated heterocycles. The molecule has 0 aliphatic rings. The van der Waals surface area contributed by atoms with Crippen LogP contribution < -0.4 is 9.47 Å². The smallest absolute Gasteiger partial charge is 0.494 e. The van der Waals surface area contributed by atoms with Gasteiger partial charge in [-0.1, -0.05) is 36.4 Å². The lowest BCUT2D eigenvalue weighted by Gasteiger charge is -2.10. The average Bonchev–Trinajstić information content (AvgIpc) is 2.44. The van der Waals surface area contributed by atoms with Gasteiger partial charge in [0.15, 0.2) is 0 Å². The van der Waals surface area contributed by atoms with Crippen molar-refractivity contribution < 1.29 is 22.6 Å². The lowest BCUT2D eigenvalue weighted by molar-refractivity contribution is -0.274. The van der Waals surface area contributed by atoms with Crippen LogP contribution in [0.2, 0.25) is 0 Å². The highest BCUT2D eigenvalue weighted by Gasteiger charge is 2.31. The molecule has 0 bridgehead atoms. The predicted molar refractivity (Wildman–Crippen MR) is 80.2 cm³/mol.